The number of methoxy groups -OCH3 is 1. The average Bonchev–Trinajstić information content (AvgIpc) is 2.61. The third-order valence-corrected chi connectivity index (χ3v) is 5.10. The minimum atomic E-state index is 0.116. The third kappa shape index (κ3) is 6.01. The lowest BCUT2D eigenvalue weighted by Gasteiger charge is -2.39. The number of hydrogen-bond acceptors (Lipinski definition) is 4. The Morgan fingerprint density at radius 2 is 1.88 bits per heavy atom. The molecule has 25 heavy (non-hydrogen) atoms. The summed E-state index contributed by atoms with van der Waals surface area (Å²) >= 11 is 0. The van der Waals surface area contributed by atoms with Crippen molar-refractivity contribution in [3.63, 3.8) is 0 Å². The Morgan fingerprint density at radius 1 is 1.20 bits per heavy atom. The zero-order chi connectivity index (χ0) is 18.2. The van der Waals surface area contributed by atoms with Crippen LogP contribution in [0.5, 0.6) is 5.75 Å². The summed E-state index contributed by atoms with van der Waals surface area (Å²) in [5, 5.41) is 3.15. The molecule has 0 aliphatic carbocycles. The highest BCUT2D eigenvalue weighted by atomic mass is 16.5. The van der Waals surface area contributed by atoms with E-state index in [0.717, 1.165) is 44.0 Å². The standard InChI is InChI=1S/C20H33N3O2/c1-16(2)18(23-13-11-22(3)12-14-23)15-21-20(24)10-9-17-7-5-6-8-19(17)25-4/h5-8,16,18H,9-15H2,1-4H3,(H,21,24). The second-order valence-electron chi connectivity index (χ2n) is 7.27. The van der Waals surface area contributed by atoms with Crippen LogP contribution in [0.25, 0.3) is 0 Å². The molecule has 140 valence electrons. The number of benzene rings is 1. The average molecular weight is 348 g/mol. The van der Waals surface area contributed by atoms with Gasteiger partial charge >= 0.3 is 0 Å². The summed E-state index contributed by atoms with van der Waals surface area (Å²) in [7, 11) is 3.84. The van der Waals surface area contributed by atoms with Crippen LogP contribution in [0.15, 0.2) is 24.3 Å². The molecule has 1 amide bonds. The summed E-state index contributed by atoms with van der Waals surface area (Å²) in [6.07, 6.45) is 1.20. The molecule has 0 aromatic heterocycles. The third-order valence-electron chi connectivity index (χ3n) is 5.10. The Morgan fingerprint density at radius 3 is 2.52 bits per heavy atom. The Kier molecular flexibility index (Phi) is 7.72. The number of piperazine rings is 1. The first kappa shape index (κ1) is 19.7. The van der Waals surface area contributed by atoms with Crippen LogP contribution in [0, 0.1) is 5.92 Å². The topological polar surface area (TPSA) is 44.8 Å². The summed E-state index contributed by atoms with van der Waals surface area (Å²) in [5.41, 5.74) is 1.08. The summed E-state index contributed by atoms with van der Waals surface area (Å²) in [4.78, 5) is 17.2. The quantitative estimate of drug-likeness (QED) is 0.781. The van der Waals surface area contributed by atoms with Gasteiger partial charge in [0.1, 0.15) is 5.75 Å². The van der Waals surface area contributed by atoms with Gasteiger partial charge in [0, 0.05) is 45.2 Å². The molecule has 0 spiro atoms. The van der Waals surface area contributed by atoms with Crippen molar-refractivity contribution in [2.24, 2.45) is 5.92 Å². The molecule has 0 radical (unpaired) electrons. The van der Waals surface area contributed by atoms with Crippen LogP contribution in [0.4, 0.5) is 0 Å². The van der Waals surface area contributed by atoms with E-state index in [1.807, 2.05) is 24.3 Å². The van der Waals surface area contributed by atoms with Gasteiger partial charge in [-0.2, -0.15) is 0 Å². The highest BCUT2D eigenvalue weighted by Gasteiger charge is 2.25. The summed E-state index contributed by atoms with van der Waals surface area (Å²) in [6, 6.07) is 8.30. The first-order valence-corrected chi connectivity index (χ1v) is 9.32. The van der Waals surface area contributed by atoms with Gasteiger partial charge in [-0.3, -0.25) is 9.69 Å². The van der Waals surface area contributed by atoms with Gasteiger partial charge in [-0.05, 0) is 31.0 Å². The predicted molar refractivity (Wildman–Crippen MR) is 102 cm³/mol. The van der Waals surface area contributed by atoms with E-state index in [4.69, 9.17) is 4.74 Å². The fourth-order valence-corrected chi connectivity index (χ4v) is 3.40. The molecule has 5 heteroatoms. The number of nitrogens with zero attached hydrogens (tertiary/aromatic N) is 2. The van der Waals surface area contributed by atoms with Gasteiger partial charge in [0.05, 0.1) is 7.11 Å². The van der Waals surface area contributed by atoms with E-state index in [2.05, 4.69) is 36.0 Å². The van der Waals surface area contributed by atoms with Crippen molar-refractivity contribution in [1.29, 1.82) is 0 Å². The minimum absolute atomic E-state index is 0.116. The summed E-state index contributed by atoms with van der Waals surface area (Å²) in [5.74, 6) is 1.50. The summed E-state index contributed by atoms with van der Waals surface area (Å²) < 4.78 is 5.35. The van der Waals surface area contributed by atoms with Gasteiger partial charge in [-0.25, -0.2) is 0 Å². The van der Waals surface area contributed by atoms with Gasteiger partial charge in [-0.1, -0.05) is 32.0 Å². The lowest BCUT2D eigenvalue weighted by Crippen LogP contribution is -2.54. The van der Waals surface area contributed by atoms with Gasteiger partial charge < -0.3 is 15.0 Å². The molecule has 1 heterocycles. The molecule has 1 saturated heterocycles. The van der Waals surface area contributed by atoms with Crippen LogP contribution in [-0.4, -0.2) is 68.6 Å². The molecule has 1 atom stereocenters. The number of ether oxygens (including phenoxy) is 1. The first-order chi connectivity index (χ1) is 12.0. The minimum Gasteiger partial charge on any atom is -0.496 e. The molecule has 1 unspecified atom stereocenters. The van der Waals surface area contributed by atoms with Crippen LogP contribution in [0.1, 0.15) is 25.8 Å². The highest BCUT2D eigenvalue weighted by molar-refractivity contribution is 5.76. The molecule has 1 aliphatic rings. The van der Waals surface area contributed by atoms with Crippen molar-refractivity contribution in [3.05, 3.63) is 29.8 Å². The second kappa shape index (κ2) is 9.78. The maximum atomic E-state index is 12.3. The molecule has 5 nitrogen and oxygen atoms in total. The Balaban J connectivity index is 1.80. The van der Waals surface area contributed by atoms with Gasteiger partial charge in [0.25, 0.3) is 0 Å². The van der Waals surface area contributed by atoms with Crippen molar-refractivity contribution in [3.8, 4) is 5.75 Å². The normalized spacial score (nSPS) is 17.5. The fraction of sp³-hybridized carbons (Fsp3) is 0.650. The van der Waals surface area contributed by atoms with Crippen LogP contribution >= 0.6 is 0 Å². The van der Waals surface area contributed by atoms with E-state index >= 15 is 0 Å². The Hall–Kier alpha value is -1.59. The molecule has 1 aromatic carbocycles. The van der Waals surface area contributed by atoms with Crippen molar-refractivity contribution < 1.29 is 9.53 Å². The molecule has 1 aromatic rings. The smallest absolute Gasteiger partial charge is 0.220 e. The number of carbonyl (C=O) groups is 1. The van der Waals surface area contributed by atoms with Crippen LogP contribution in [0.2, 0.25) is 0 Å². The van der Waals surface area contributed by atoms with Gasteiger partial charge in [0.15, 0.2) is 0 Å². The number of carbonyl (C=O) groups excluding carboxylic acids is 1. The van der Waals surface area contributed by atoms with Gasteiger partial charge in [-0.15, -0.1) is 0 Å². The van der Waals surface area contributed by atoms with Crippen LogP contribution in [-0.2, 0) is 11.2 Å². The van der Waals surface area contributed by atoms with E-state index in [-0.39, 0.29) is 5.91 Å². The van der Waals surface area contributed by atoms with Crippen LogP contribution < -0.4 is 10.1 Å². The number of para-hydroxylation sites is 1. The SMILES string of the molecule is COc1ccccc1CCC(=O)NCC(C(C)C)N1CCN(C)CC1. The molecule has 2 rings (SSSR count). The Bertz CT molecular complexity index is 539. The summed E-state index contributed by atoms with van der Waals surface area (Å²) in [6.45, 7) is 9.57. The number of hydrogen-bond donors (Lipinski definition) is 1. The van der Waals surface area contributed by atoms with Crippen molar-refractivity contribution in [2.75, 3.05) is 46.9 Å². The van der Waals surface area contributed by atoms with E-state index in [0.29, 0.717) is 24.8 Å². The van der Waals surface area contributed by atoms with E-state index in [1.165, 1.54) is 0 Å². The Labute approximate surface area is 152 Å². The monoisotopic (exact) mass is 347 g/mol. The number of likely N-dealkylation sites (N-methyl/N-ethyl adjacent to an activating group) is 1. The van der Waals surface area contributed by atoms with Crippen molar-refractivity contribution in [1.82, 2.24) is 15.1 Å². The van der Waals surface area contributed by atoms with Gasteiger partial charge in [0.2, 0.25) is 5.91 Å². The number of amides is 1. The molecule has 1 fully saturated rings. The zero-order valence-electron chi connectivity index (χ0n) is 16.1. The van der Waals surface area contributed by atoms with Crippen molar-refractivity contribution >= 4 is 5.91 Å². The zero-order valence-corrected chi connectivity index (χ0v) is 16.1. The molecule has 0 bridgehead atoms. The molecular weight excluding hydrogens is 314 g/mol. The maximum Gasteiger partial charge on any atom is 0.220 e. The van der Waals surface area contributed by atoms with Crippen molar-refractivity contribution in [2.45, 2.75) is 32.7 Å². The van der Waals surface area contributed by atoms with E-state index in [1.54, 1.807) is 7.11 Å². The largest absolute Gasteiger partial charge is 0.496 e. The molecule has 1 N–H and O–H groups in total. The maximum absolute atomic E-state index is 12.3. The van der Waals surface area contributed by atoms with E-state index < -0.39 is 0 Å². The fourth-order valence-electron chi connectivity index (χ4n) is 3.40. The lowest BCUT2D eigenvalue weighted by atomic mass is 10.0. The molecular formula is C20H33N3O2. The lowest BCUT2D eigenvalue weighted by molar-refractivity contribution is -0.121. The second-order valence-corrected chi connectivity index (χ2v) is 7.27. The number of rotatable bonds is 8. The predicted octanol–water partition coefficient (Wildman–Crippen LogP) is 2.02. The first-order valence-electron chi connectivity index (χ1n) is 9.32. The van der Waals surface area contributed by atoms with E-state index in [9.17, 15) is 4.79 Å². The number of nitrogens with one attached hydrogen (secondary N) is 1. The molecule has 0 saturated carbocycles. The van der Waals surface area contributed by atoms with Crippen LogP contribution in [0.3, 0.4) is 0 Å². The molecule has 1 aliphatic heterocycles. The number of aryl methyl sites for hydroxylation is 1. The highest BCUT2D eigenvalue weighted by Crippen LogP contribution is 2.19.